The molecule has 0 bridgehead atoms. The zero-order chi connectivity index (χ0) is 14.7. The third kappa shape index (κ3) is 2.95. The third-order valence-corrected chi connectivity index (χ3v) is 3.42. The number of hydrogen-bond acceptors (Lipinski definition) is 5. The monoisotopic (exact) mass is 272 g/mol. The molecule has 19 heavy (non-hydrogen) atoms. The highest BCUT2D eigenvalue weighted by Crippen LogP contribution is 2.31. The molecular weight excluding hydrogens is 252 g/mol. The first-order valence-electron chi connectivity index (χ1n) is 5.94. The van der Waals surface area contributed by atoms with E-state index < -0.39 is 22.8 Å². The Balaban J connectivity index is 3.00. The van der Waals surface area contributed by atoms with Crippen molar-refractivity contribution in [1.29, 1.82) is 0 Å². The fraction of sp³-hybridized carbons (Fsp3) is 0.727. The molecule has 0 spiro atoms. The molecule has 0 saturated carbocycles. The van der Waals surface area contributed by atoms with Gasteiger partial charge in [0.25, 0.3) is 0 Å². The molecule has 1 saturated heterocycles. The summed E-state index contributed by atoms with van der Waals surface area (Å²) in [4.78, 5) is 23.6. The average Bonchev–Trinajstić information content (AvgIpc) is 2.37. The van der Waals surface area contributed by atoms with Crippen LogP contribution in [-0.4, -0.2) is 41.6 Å². The normalized spacial score (nSPS) is 19.8. The van der Waals surface area contributed by atoms with Gasteiger partial charge in [-0.1, -0.05) is 5.16 Å². The van der Waals surface area contributed by atoms with E-state index in [0.29, 0.717) is 13.2 Å². The second-order valence-corrected chi connectivity index (χ2v) is 5.12. The van der Waals surface area contributed by atoms with E-state index >= 15 is 0 Å². The summed E-state index contributed by atoms with van der Waals surface area (Å²) in [6, 6.07) is 0. The maximum absolute atomic E-state index is 12.4. The van der Waals surface area contributed by atoms with Crippen LogP contribution in [0.5, 0.6) is 0 Å². The zero-order valence-corrected chi connectivity index (χ0v) is 11.1. The Morgan fingerprint density at radius 3 is 2.26 bits per heavy atom. The topological polar surface area (TPSA) is 140 Å². The number of carbonyl (C=O) groups is 2. The van der Waals surface area contributed by atoms with Crippen LogP contribution in [0.2, 0.25) is 0 Å². The molecule has 2 amide bonds. The summed E-state index contributed by atoms with van der Waals surface area (Å²) in [5.41, 5.74) is 8.48. The number of carbonyl (C=O) groups excluding carboxylic acids is 2. The van der Waals surface area contributed by atoms with Gasteiger partial charge in [0.1, 0.15) is 11.0 Å². The highest BCUT2D eigenvalue weighted by atomic mass is 16.5. The lowest BCUT2D eigenvalue weighted by Gasteiger charge is -2.36. The number of ether oxygens (including phenoxy) is 1. The van der Waals surface area contributed by atoms with E-state index in [9.17, 15) is 9.59 Å². The summed E-state index contributed by atoms with van der Waals surface area (Å²) in [6.45, 7) is 3.63. The number of rotatable bonds is 4. The Morgan fingerprint density at radius 1 is 1.32 bits per heavy atom. The summed E-state index contributed by atoms with van der Waals surface area (Å²) < 4.78 is 5.18. The van der Waals surface area contributed by atoms with Crippen LogP contribution in [0.3, 0.4) is 0 Å². The zero-order valence-electron chi connectivity index (χ0n) is 11.1. The molecule has 0 aliphatic carbocycles. The van der Waals surface area contributed by atoms with Crippen LogP contribution in [0.25, 0.3) is 0 Å². The molecule has 8 heteroatoms. The number of amidine groups is 1. The molecule has 0 radical (unpaired) electrons. The van der Waals surface area contributed by atoms with Crippen molar-refractivity contribution in [3.8, 4) is 0 Å². The van der Waals surface area contributed by atoms with Gasteiger partial charge in [0.05, 0.1) is 0 Å². The third-order valence-electron chi connectivity index (χ3n) is 3.42. The van der Waals surface area contributed by atoms with Gasteiger partial charge in [0.15, 0.2) is 5.84 Å². The standard InChI is InChI=1S/C11H20N4O4/c1-10(2,8(13)16)14-9(17)11(7(12)15-18)3-5-19-6-4-11/h18H,3-6H2,1-2H3,(H2,12,15)(H2,13,16)(H,14,17). The SMILES string of the molecule is CC(C)(NC(=O)C1(C(N)=NO)CCOCC1)C(N)=O. The van der Waals surface area contributed by atoms with Crippen LogP contribution in [0.4, 0.5) is 0 Å². The molecule has 0 atom stereocenters. The lowest BCUT2D eigenvalue weighted by molar-refractivity contribution is -0.137. The van der Waals surface area contributed by atoms with Crippen molar-refractivity contribution < 1.29 is 19.5 Å². The number of nitrogens with two attached hydrogens (primary N) is 2. The molecule has 1 aliphatic rings. The van der Waals surface area contributed by atoms with Gasteiger partial charge >= 0.3 is 0 Å². The van der Waals surface area contributed by atoms with Crippen LogP contribution in [0.1, 0.15) is 26.7 Å². The van der Waals surface area contributed by atoms with Crippen LogP contribution in [-0.2, 0) is 14.3 Å². The van der Waals surface area contributed by atoms with E-state index in [4.69, 9.17) is 21.4 Å². The van der Waals surface area contributed by atoms with Crippen molar-refractivity contribution in [2.45, 2.75) is 32.2 Å². The number of primary amides is 1. The lowest BCUT2D eigenvalue weighted by atomic mass is 9.77. The van der Waals surface area contributed by atoms with Gasteiger partial charge in [0.2, 0.25) is 11.8 Å². The molecule has 6 N–H and O–H groups in total. The first kappa shape index (κ1) is 15.2. The molecule has 0 aromatic carbocycles. The number of nitrogens with one attached hydrogen (secondary N) is 1. The van der Waals surface area contributed by atoms with Gasteiger partial charge in [-0.2, -0.15) is 0 Å². The van der Waals surface area contributed by atoms with Crippen molar-refractivity contribution >= 4 is 17.6 Å². The minimum atomic E-state index is -1.21. The molecule has 0 aromatic heterocycles. The quantitative estimate of drug-likeness (QED) is 0.223. The van der Waals surface area contributed by atoms with Crippen molar-refractivity contribution in [2.24, 2.45) is 22.0 Å². The van der Waals surface area contributed by atoms with E-state index in [2.05, 4.69) is 10.5 Å². The van der Waals surface area contributed by atoms with Gasteiger partial charge in [-0.05, 0) is 26.7 Å². The molecule has 0 aromatic rings. The minimum Gasteiger partial charge on any atom is -0.409 e. The summed E-state index contributed by atoms with van der Waals surface area (Å²) in [6.07, 6.45) is 0.563. The second-order valence-electron chi connectivity index (χ2n) is 5.12. The highest BCUT2D eigenvalue weighted by molar-refractivity contribution is 6.08. The summed E-state index contributed by atoms with van der Waals surface area (Å²) >= 11 is 0. The molecule has 108 valence electrons. The van der Waals surface area contributed by atoms with Gasteiger partial charge in [-0.3, -0.25) is 9.59 Å². The van der Waals surface area contributed by atoms with Crippen molar-refractivity contribution in [3.05, 3.63) is 0 Å². The van der Waals surface area contributed by atoms with E-state index in [1.807, 2.05) is 0 Å². The van der Waals surface area contributed by atoms with Crippen molar-refractivity contribution in [2.75, 3.05) is 13.2 Å². The lowest BCUT2D eigenvalue weighted by Crippen LogP contribution is -2.60. The van der Waals surface area contributed by atoms with Crippen LogP contribution >= 0.6 is 0 Å². The molecule has 1 heterocycles. The summed E-state index contributed by atoms with van der Waals surface area (Å²) in [5.74, 6) is -1.34. The van der Waals surface area contributed by atoms with Gasteiger partial charge in [0, 0.05) is 13.2 Å². The number of nitrogens with zero attached hydrogens (tertiary/aromatic N) is 1. The number of oxime groups is 1. The van der Waals surface area contributed by atoms with Gasteiger partial charge in [-0.15, -0.1) is 0 Å². The summed E-state index contributed by atoms with van der Waals surface area (Å²) in [5, 5.41) is 14.3. The number of hydrogen-bond donors (Lipinski definition) is 4. The minimum absolute atomic E-state index is 0.187. The first-order valence-corrected chi connectivity index (χ1v) is 5.94. The molecule has 1 fully saturated rings. The maximum atomic E-state index is 12.4. The Hall–Kier alpha value is -1.83. The highest BCUT2D eigenvalue weighted by Gasteiger charge is 2.46. The molecule has 1 aliphatic heterocycles. The van der Waals surface area contributed by atoms with E-state index in [-0.39, 0.29) is 18.7 Å². The molecule has 0 unspecified atom stereocenters. The second kappa shape index (κ2) is 5.43. The number of amides is 2. The average molecular weight is 272 g/mol. The smallest absolute Gasteiger partial charge is 0.242 e. The largest absolute Gasteiger partial charge is 0.409 e. The Labute approximate surface area is 111 Å². The Morgan fingerprint density at radius 2 is 1.84 bits per heavy atom. The fourth-order valence-electron chi connectivity index (χ4n) is 1.88. The predicted molar refractivity (Wildman–Crippen MR) is 67.3 cm³/mol. The van der Waals surface area contributed by atoms with Crippen LogP contribution in [0.15, 0.2) is 5.16 Å². The predicted octanol–water partition coefficient (Wildman–Crippen LogP) is -1.09. The molecular formula is C11H20N4O4. The van der Waals surface area contributed by atoms with Crippen molar-refractivity contribution in [1.82, 2.24) is 5.32 Å². The maximum Gasteiger partial charge on any atom is 0.242 e. The Bertz CT molecular complexity index is 399. The van der Waals surface area contributed by atoms with E-state index in [1.54, 1.807) is 0 Å². The van der Waals surface area contributed by atoms with Crippen LogP contribution < -0.4 is 16.8 Å². The Kier molecular flexibility index (Phi) is 4.35. The van der Waals surface area contributed by atoms with Gasteiger partial charge in [-0.25, -0.2) is 0 Å². The van der Waals surface area contributed by atoms with E-state index in [1.165, 1.54) is 13.8 Å². The van der Waals surface area contributed by atoms with Crippen LogP contribution in [0, 0.1) is 5.41 Å². The molecule has 1 rings (SSSR count). The fourth-order valence-corrected chi connectivity index (χ4v) is 1.88. The molecule has 8 nitrogen and oxygen atoms in total. The first-order chi connectivity index (χ1) is 8.76. The van der Waals surface area contributed by atoms with Gasteiger partial charge < -0.3 is 26.7 Å². The van der Waals surface area contributed by atoms with Crippen molar-refractivity contribution in [3.63, 3.8) is 0 Å². The van der Waals surface area contributed by atoms with E-state index in [0.717, 1.165) is 0 Å². The summed E-state index contributed by atoms with van der Waals surface area (Å²) in [7, 11) is 0.